The van der Waals surface area contributed by atoms with Crippen LogP contribution < -0.4 is 20.5 Å². The number of thiazole rings is 1. The first-order valence-corrected chi connectivity index (χ1v) is 30.1. The second-order valence-corrected chi connectivity index (χ2v) is 26.3. The van der Waals surface area contributed by atoms with Gasteiger partial charge < -0.3 is 40.0 Å². The largest absolute Gasteiger partial charge is 0.477 e. The van der Waals surface area contributed by atoms with Crippen LogP contribution in [-0.2, 0) is 27.8 Å². The highest BCUT2D eigenvalue weighted by Gasteiger charge is 2.50. The summed E-state index contributed by atoms with van der Waals surface area (Å²) in [4.78, 5) is 53.4. The number of hydrogen-bond donors (Lipinski definition) is 3. The Kier molecular flexibility index (Phi) is 14.7. The quantitative estimate of drug-likeness (QED) is 0.0864. The summed E-state index contributed by atoms with van der Waals surface area (Å²) in [6.07, 6.45) is 13.1. The molecule has 5 atom stereocenters. The van der Waals surface area contributed by atoms with Crippen molar-refractivity contribution in [2.24, 2.45) is 10.8 Å². The maximum absolute atomic E-state index is 14.7. The fourth-order valence-electron chi connectivity index (χ4n) is 12.9. The molecule has 1 saturated carbocycles. The monoisotopic (exact) mass is 1150 g/mol. The van der Waals surface area contributed by atoms with Gasteiger partial charge in [-0.15, -0.1) is 27.8 Å². The number of pyridine rings is 1. The van der Waals surface area contributed by atoms with Gasteiger partial charge in [0.15, 0.2) is 23.0 Å². The second-order valence-electron chi connectivity index (χ2n) is 23.9. The Hall–Kier alpha value is -6.83. The van der Waals surface area contributed by atoms with E-state index in [-0.39, 0.29) is 48.0 Å². The number of piperidine rings is 1. The standard InChI is InChI=1S/C59H66ClN13O6S2/c1-33(35-10-12-37(13-11-35)50-34(2)64-32-80-50)65-55(75)43-24-38(74)28-72(43)56(76)51(57(3,4)5)73-29-42(68-70-73)36-15-22-71(23-16-36)30-58(19-20-58)31-77-46-25-47(78-44-27-63-21-14-41(44)60)67-54(66-46)49-39-8-6-17-59(52(39)79-69-49)18-7-9-45-48(59)40(26-61)53(62)81-45/h10-14,21,25,27,29,32-33,36,38,43,51,74H,6-9,15-20,22-24,28,30-31,62H2,1-5H3,(H,65,75)/t33-,38+,43-,51+,59-/m0/s1. The molecule has 1 spiro atoms. The number of fused-ring (bicyclic) bond motifs is 4. The van der Waals surface area contributed by atoms with Crippen molar-refractivity contribution >= 4 is 51.1 Å². The number of nitrogens with zero attached hydrogens (tertiary/aromatic N) is 11. The molecule has 0 bridgehead atoms. The lowest BCUT2D eigenvalue weighted by atomic mass is 9.63. The fraction of sp³-hybridized carbons (Fsp3) is 0.492. The maximum atomic E-state index is 14.7. The van der Waals surface area contributed by atoms with Crippen LogP contribution in [0.3, 0.4) is 0 Å². The number of aliphatic hydroxyl groups is 1. The molecule has 3 aliphatic carbocycles. The van der Waals surface area contributed by atoms with Gasteiger partial charge in [-0.05, 0) is 119 Å². The van der Waals surface area contributed by atoms with Gasteiger partial charge in [0.2, 0.25) is 23.6 Å². The zero-order valence-electron chi connectivity index (χ0n) is 46.2. The molecule has 422 valence electrons. The van der Waals surface area contributed by atoms with Crippen molar-refractivity contribution in [3.63, 3.8) is 0 Å². The third-order valence-corrected chi connectivity index (χ3v) is 19.6. The van der Waals surface area contributed by atoms with Crippen molar-refractivity contribution < 1.29 is 28.7 Å². The SMILES string of the molecule is Cc1ncsc1-c1ccc([C@H](C)NC(=O)[C@@H]2C[C@@H](O)CN2C(=O)[C@@H](n2cc(C3CCN(CC4(COc5cc(Oc6cnccc6Cl)nc(-c6noc7c6CCC[C@@]76CCCc7sc(N)c(C#N)c76)n5)CC4)CC3)nn2)C(C)(C)C)cc1. The number of hydrogen-bond acceptors (Lipinski definition) is 18. The minimum absolute atomic E-state index is 0.0511. The summed E-state index contributed by atoms with van der Waals surface area (Å²) in [6, 6.07) is 11.9. The number of nitrogens with one attached hydrogen (secondary N) is 1. The van der Waals surface area contributed by atoms with Crippen molar-refractivity contribution in [3.8, 4) is 45.5 Å². The Morgan fingerprint density at radius 1 is 1.07 bits per heavy atom. The number of likely N-dealkylation sites (tertiary alicyclic amines) is 2. The van der Waals surface area contributed by atoms with Gasteiger partial charge in [0.25, 0.3) is 0 Å². The van der Waals surface area contributed by atoms with E-state index in [9.17, 15) is 20.0 Å². The van der Waals surface area contributed by atoms with Gasteiger partial charge in [-0.2, -0.15) is 15.2 Å². The predicted molar refractivity (Wildman–Crippen MR) is 306 cm³/mol. The van der Waals surface area contributed by atoms with E-state index in [1.54, 1.807) is 34.3 Å². The molecule has 0 unspecified atom stereocenters. The molecular weight excluding hydrogens is 1090 g/mol. The zero-order chi connectivity index (χ0) is 56.4. The van der Waals surface area contributed by atoms with E-state index in [2.05, 4.69) is 41.7 Å². The minimum atomic E-state index is -0.842. The van der Waals surface area contributed by atoms with Crippen LogP contribution in [0.25, 0.3) is 22.0 Å². The number of β-amino-alcohol motifs (C(OH)–C–C–N with tert-alkyl or cyclic N) is 1. The number of nitriles is 1. The normalized spacial score (nSPS) is 21.5. The van der Waals surface area contributed by atoms with Crippen molar-refractivity contribution in [1.29, 1.82) is 5.26 Å². The molecule has 2 amide bonds. The predicted octanol–water partition coefficient (Wildman–Crippen LogP) is 9.93. The molecule has 1 aromatic carbocycles. The molecule has 7 aromatic rings. The smallest absolute Gasteiger partial charge is 0.248 e. The van der Waals surface area contributed by atoms with Gasteiger partial charge in [-0.25, -0.2) is 9.67 Å². The Morgan fingerprint density at radius 2 is 1.84 bits per heavy atom. The lowest BCUT2D eigenvalue weighted by Gasteiger charge is -2.39. The summed E-state index contributed by atoms with van der Waals surface area (Å²) in [6.45, 7) is 12.9. The molecule has 6 aromatic heterocycles. The van der Waals surface area contributed by atoms with E-state index in [0.29, 0.717) is 51.8 Å². The number of amides is 2. The molecule has 2 saturated heterocycles. The van der Waals surface area contributed by atoms with Crippen molar-refractivity contribution in [1.82, 2.24) is 55.2 Å². The molecule has 3 fully saturated rings. The van der Waals surface area contributed by atoms with Gasteiger partial charge >= 0.3 is 0 Å². The number of carbonyl (C=O) groups is 2. The topological polar surface area (TPSA) is 249 Å². The number of nitrogens with two attached hydrogens (primary N) is 1. The first-order chi connectivity index (χ1) is 39.0. The molecule has 12 rings (SSSR count). The fourth-order valence-corrected chi connectivity index (χ4v) is 15.0. The minimum Gasteiger partial charge on any atom is -0.477 e. The van der Waals surface area contributed by atoms with Crippen molar-refractivity contribution in [2.45, 2.75) is 141 Å². The third-order valence-electron chi connectivity index (χ3n) is 17.2. The number of rotatable bonds is 15. The van der Waals surface area contributed by atoms with E-state index in [1.807, 2.05) is 70.6 Å². The van der Waals surface area contributed by atoms with Gasteiger partial charge in [-0.3, -0.25) is 14.6 Å². The van der Waals surface area contributed by atoms with Gasteiger partial charge in [0, 0.05) is 53.7 Å². The number of thiophene rings is 1. The van der Waals surface area contributed by atoms with E-state index in [4.69, 9.17) is 41.3 Å². The van der Waals surface area contributed by atoms with Crippen LogP contribution >= 0.6 is 34.3 Å². The van der Waals surface area contributed by atoms with Crippen molar-refractivity contribution in [3.05, 3.63) is 110 Å². The highest BCUT2D eigenvalue weighted by Crippen LogP contribution is 2.55. The first kappa shape index (κ1) is 54.7. The molecule has 81 heavy (non-hydrogen) atoms. The van der Waals surface area contributed by atoms with Crippen LogP contribution in [0.15, 0.2) is 65.0 Å². The highest BCUT2D eigenvalue weighted by molar-refractivity contribution is 7.16. The van der Waals surface area contributed by atoms with Gasteiger partial charge in [0.1, 0.15) is 23.2 Å². The van der Waals surface area contributed by atoms with Crippen LogP contribution in [0, 0.1) is 29.1 Å². The molecule has 19 nitrogen and oxygen atoms in total. The molecule has 4 N–H and O–H groups in total. The zero-order valence-corrected chi connectivity index (χ0v) is 48.5. The molecule has 22 heteroatoms. The van der Waals surface area contributed by atoms with Crippen LogP contribution in [0.1, 0.15) is 148 Å². The van der Waals surface area contributed by atoms with Crippen LogP contribution in [0.5, 0.6) is 17.5 Å². The summed E-state index contributed by atoms with van der Waals surface area (Å²) in [7, 11) is 0. The first-order valence-electron chi connectivity index (χ1n) is 28.0. The molecule has 8 heterocycles. The molecule has 2 aliphatic heterocycles. The summed E-state index contributed by atoms with van der Waals surface area (Å²) in [5.41, 5.74) is 13.9. The summed E-state index contributed by atoms with van der Waals surface area (Å²) >= 11 is 9.64. The van der Waals surface area contributed by atoms with E-state index >= 15 is 0 Å². The number of aryl methyl sites for hydroxylation is 2. The lowest BCUT2D eigenvalue weighted by molar-refractivity contribution is -0.144. The van der Waals surface area contributed by atoms with E-state index < -0.39 is 29.0 Å². The van der Waals surface area contributed by atoms with E-state index in [1.165, 1.54) is 22.4 Å². The van der Waals surface area contributed by atoms with Crippen LogP contribution in [0.2, 0.25) is 5.02 Å². The van der Waals surface area contributed by atoms with Crippen LogP contribution in [-0.4, -0.2) is 112 Å². The average Bonchev–Trinajstić information content (AvgIpc) is 3.32. The summed E-state index contributed by atoms with van der Waals surface area (Å²) in [5.74, 6) is 1.52. The number of nitrogen functional groups attached to an aromatic ring is 1. The lowest BCUT2D eigenvalue weighted by Crippen LogP contribution is -2.50. The third kappa shape index (κ3) is 10.7. The molecule has 5 aliphatic rings. The number of aliphatic hydroxyl groups excluding tert-OH is 1. The number of aromatic nitrogens is 8. The summed E-state index contributed by atoms with van der Waals surface area (Å²) in [5, 5.41) is 39.1. The number of anilines is 1. The number of benzene rings is 1. The average molecular weight is 1150 g/mol. The van der Waals surface area contributed by atoms with Crippen molar-refractivity contribution in [2.75, 3.05) is 38.5 Å². The number of carbonyl (C=O) groups excluding carboxylic acids is 2. The van der Waals surface area contributed by atoms with Crippen LogP contribution in [0.4, 0.5) is 5.00 Å². The Labute approximate surface area is 483 Å². The number of ether oxygens (including phenoxy) is 2. The number of halogens is 1. The summed E-state index contributed by atoms with van der Waals surface area (Å²) < 4.78 is 20.9. The second kappa shape index (κ2) is 21.8. The molecular formula is C59H66ClN13O6S2. The van der Waals surface area contributed by atoms with Gasteiger partial charge in [-0.1, -0.05) is 67.0 Å². The maximum Gasteiger partial charge on any atom is 0.248 e. The Bertz CT molecular complexity index is 3530. The highest BCUT2D eigenvalue weighted by atomic mass is 35.5. The van der Waals surface area contributed by atoms with E-state index in [0.717, 1.165) is 127 Å². The van der Waals surface area contributed by atoms with Gasteiger partial charge in [0.05, 0.1) is 68.8 Å². The Balaban J connectivity index is 0.701. The Morgan fingerprint density at radius 3 is 2.56 bits per heavy atom. The molecule has 0 radical (unpaired) electrons.